The third kappa shape index (κ3) is 2.70. The van der Waals surface area contributed by atoms with E-state index in [9.17, 15) is 0 Å². The quantitative estimate of drug-likeness (QED) is 0.486. The molecule has 0 amide bonds. The summed E-state index contributed by atoms with van der Waals surface area (Å²) in [6.07, 6.45) is 8.19. The largest absolute Gasteiger partial charge is 0.298 e. The fraction of sp³-hybridized carbons (Fsp3) is 0.280. The van der Waals surface area contributed by atoms with Gasteiger partial charge in [-0.3, -0.25) is 14.5 Å². The molecule has 3 aliphatic rings. The highest BCUT2D eigenvalue weighted by Crippen LogP contribution is 2.42. The molecule has 0 atom stereocenters. The Kier molecular flexibility index (Phi) is 3.81. The number of pyridine rings is 2. The topological polar surface area (TPSA) is 34.0 Å². The second kappa shape index (κ2) is 6.53. The molecule has 1 fully saturated rings. The average molecular weight is 380 g/mol. The number of fused-ring (bicyclic) bond motifs is 3. The summed E-state index contributed by atoms with van der Waals surface area (Å²) in [4.78, 5) is 11.6. The Labute approximate surface area is 170 Å². The summed E-state index contributed by atoms with van der Waals surface area (Å²) in [6, 6.07) is 15.3. The van der Waals surface area contributed by atoms with Crippen LogP contribution in [0.1, 0.15) is 35.6 Å². The molecule has 0 saturated carbocycles. The Morgan fingerprint density at radius 1 is 0.931 bits per heavy atom. The van der Waals surface area contributed by atoms with Crippen molar-refractivity contribution in [1.82, 2.24) is 19.4 Å². The molecule has 3 aliphatic heterocycles. The van der Waals surface area contributed by atoms with Crippen LogP contribution in [0.3, 0.4) is 0 Å². The Bertz CT molecular complexity index is 1180. The highest BCUT2D eigenvalue weighted by molar-refractivity contribution is 5.88. The first-order valence-corrected chi connectivity index (χ1v) is 10.5. The summed E-state index contributed by atoms with van der Waals surface area (Å²) in [5, 5.41) is 1.42. The number of nitrogens with zero attached hydrogens (tertiary/aromatic N) is 4. The van der Waals surface area contributed by atoms with Gasteiger partial charge in [0, 0.05) is 41.8 Å². The molecule has 7 rings (SSSR count). The second-order valence-electron chi connectivity index (χ2n) is 8.41. The van der Waals surface area contributed by atoms with E-state index in [1.54, 1.807) is 5.56 Å². The van der Waals surface area contributed by atoms with E-state index in [0.717, 1.165) is 23.5 Å². The van der Waals surface area contributed by atoms with Gasteiger partial charge >= 0.3 is 0 Å². The van der Waals surface area contributed by atoms with Crippen LogP contribution >= 0.6 is 0 Å². The lowest BCUT2D eigenvalue weighted by Crippen LogP contribution is -2.29. The van der Waals surface area contributed by atoms with Gasteiger partial charge in [-0.2, -0.15) is 0 Å². The van der Waals surface area contributed by atoms with Crippen LogP contribution in [0.5, 0.6) is 0 Å². The molecule has 4 nitrogen and oxygen atoms in total. The van der Waals surface area contributed by atoms with Crippen molar-refractivity contribution < 1.29 is 0 Å². The molecule has 0 spiro atoms. The van der Waals surface area contributed by atoms with Crippen LogP contribution in [0.4, 0.5) is 0 Å². The van der Waals surface area contributed by atoms with E-state index in [2.05, 4.69) is 51.7 Å². The SMILES string of the molecule is Cc1ccc2c(c1)c1c(n2-c2ccc(-c3ccncc3)cn2)CN2CCC1CC2. The molecule has 0 N–H and O–H groups in total. The Morgan fingerprint density at radius 3 is 2.52 bits per heavy atom. The normalized spacial score (nSPS) is 20.6. The van der Waals surface area contributed by atoms with Gasteiger partial charge in [-0.05, 0) is 86.3 Å². The molecular formula is C25H24N4. The van der Waals surface area contributed by atoms with Gasteiger partial charge in [0.15, 0.2) is 0 Å². The number of hydrogen-bond acceptors (Lipinski definition) is 3. The molecule has 4 heteroatoms. The minimum Gasteiger partial charge on any atom is -0.298 e. The van der Waals surface area contributed by atoms with Gasteiger partial charge in [-0.1, -0.05) is 11.6 Å². The van der Waals surface area contributed by atoms with Crippen LogP contribution in [0.25, 0.3) is 27.8 Å². The van der Waals surface area contributed by atoms with Crippen molar-refractivity contribution in [3.05, 3.63) is 77.9 Å². The maximum Gasteiger partial charge on any atom is 0.137 e. The fourth-order valence-electron chi connectivity index (χ4n) is 5.18. The van der Waals surface area contributed by atoms with E-state index >= 15 is 0 Å². The number of aryl methyl sites for hydroxylation is 1. The molecule has 0 unspecified atom stereocenters. The van der Waals surface area contributed by atoms with Crippen LogP contribution < -0.4 is 0 Å². The van der Waals surface area contributed by atoms with E-state index < -0.39 is 0 Å². The van der Waals surface area contributed by atoms with Gasteiger partial charge < -0.3 is 0 Å². The van der Waals surface area contributed by atoms with Crippen LogP contribution in [0.15, 0.2) is 61.1 Å². The minimum atomic E-state index is 0.672. The van der Waals surface area contributed by atoms with E-state index in [0.29, 0.717) is 5.92 Å². The summed E-state index contributed by atoms with van der Waals surface area (Å²) in [5.41, 5.74) is 7.91. The molecule has 0 aliphatic carbocycles. The summed E-state index contributed by atoms with van der Waals surface area (Å²) >= 11 is 0. The molecule has 1 aromatic carbocycles. The van der Waals surface area contributed by atoms with Crippen LogP contribution in [-0.4, -0.2) is 32.5 Å². The van der Waals surface area contributed by atoms with Gasteiger partial charge in [0.05, 0.1) is 5.52 Å². The number of aromatic nitrogens is 3. The van der Waals surface area contributed by atoms with Crippen molar-refractivity contribution in [2.24, 2.45) is 0 Å². The van der Waals surface area contributed by atoms with Crippen molar-refractivity contribution in [3.63, 3.8) is 0 Å². The number of rotatable bonds is 2. The summed E-state index contributed by atoms with van der Waals surface area (Å²) < 4.78 is 2.41. The zero-order chi connectivity index (χ0) is 19.4. The lowest BCUT2D eigenvalue weighted by Gasteiger charge is -2.27. The first-order valence-electron chi connectivity index (χ1n) is 10.5. The van der Waals surface area contributed by atoms with Crippen LogP contribution in [0, 0.1) is 6.92 Å². The molecule has 29 heavy (non-hydrogen) atoms. The van der Waals surface area contributed by atoms with Crippen LogP contribution in [0.2, 0.25) is 0 Å². The van der Waals surface area contributed by atoms with Gasteiger partial charge in [-0.25, -0.2) is 4.98 Å². The van der Waals surface area contributed by atoms with E-state index in [-0.39, 0.29) is 0 Å². The standard InChI is InChI=1S/C25H24N4/c1-17-2-4-22-21(14-17)25-19-8-12-28(13-9-19)16-23(25)29(22)24-5-3-20(15-27-24)18-6-10-26-11-7-18/h2-7,10-11,14-15,19H,8-9,12-13,16H2,1H3. The molecular weight excluding hydrogens is 356 g/mol. The van der Waals surface area contributed by atoms with Crippen molar-refractivity contribution >= 4 is 10.9 Å². The average Bonchev–Trinajstić information content (AvgIpc) is 2.88. The van der Waals surface area contributed by atoms with Crippen molar-refractivity contribution in [1.29, 1.82) is 0 Å². The summed E-state index contributed by atoms with van der Waals surface area (Å²) in [6.45, 7) is 5.64. The zero-order valence-electron chi connectivity index (χ0n) is 16.7. The number of hydrogen-bond donors (Lipinski definition) is 0. The third-order valence-corrected chi connectivity index (χ3v) is 6.62. The highest BCUT2D eigenvalue weighted by Gasteiger charge is 2.33. The molecule has 4 aromatic rings. The maximum absolute atomic E-state index is 4.90. The summed E-state index contributed by atoms with van der Waals surface area (Å²) in [5.74, 6) is 1.69. The molecule has 6 heterocycles. The smallest absolute Gasteiger partial charge is 0.137 e. The highest BCUT2D eigenvalue weighted by atomic mass is 15.2. The molecule has 0 radical (unpaired) electrons. The minimum absolute atomic E-state index is 0.672. The Hall–Kier alpha value is -2.98. The predicted octanol–water partition coefficient (Wildman–Crippen LogP) is 5.09. The summed E-state index contributed by atoms with van der Waals surface area (Å²) in [7, 11) is 0. The van der Waals surface area contributed by atoms with Crippen molar-refractivity contribution in [3.8, 4) is 16.9 Å². The molecule has 2 bridgehead atoms. The Morgan fingerprint density at radius 2 is 1.76 bits per heavy atom. The maximum atomic E-state index is 4.90. The predicted molar refractivity (Wildman–Crippen MR) is 116 cm³/mol. The van der Waals surface area contributed by atoms with E-state index in [1.807, 2.05) is 30.7 Å². The van der Waals surface area contributed by atoms with Gasteiger partial charge in [0.25, 0.3) is 0 Å². The van der Waals surface area contributed by atoms with Crippen molar-refractivity contribution in [2.45, 2.75) is 32.2 Å². The number of benzene rings is 1. The fourth-order valence-corrected chi connectivity index (χ4v) is 5.18. The lowest BCUT2D eigenvalue weighted by molar-refractivity contribution is 0.218. The first-order chi connectivity index (χ1) is 14.3. The molecule has 3 aromatic heterocycles. The lowest BCUT2D eigenvalue weighted by atomic mass is 9.89. The monoisotopic (exact) mass is 380 g/mol. The van der Waals surface area contributed by atoms with Gasteiger partial charge in [0.2, 0.25) is 0 Å². The van der Waals surface area contributed by atoms with Crippen molar-refractivity contribution in [2.75, 3.05) is 13.1 Å². The zero-order valence-corrected chi connectivity index (χ0v) is 16.7. The first kappa shape index (κ1) is 16.9. The number of piperidine rings is 1. The van der Waals surface area contributed by atoms with E-state index in [1.165, 1.54) is 48.1 Å². The Balaban J connectivity index is 1.55. The molecule has 1 saturated heterocycles. The van der Waals surface area contributed by atoms with Gasteiger partial charge in [0.1, 0.15) is 5.82 Å². The van der Waals surface area contributed by atoms with Crippen LogP contribution in [-0.2, 0) is 6.54 Å². The third-order valence-electron chi connectivity index (χ3n) is 6.62. The van der Waals surface area contributed by atoms with Gasteiger partial charge in [-0.15, -0.1) is 0 Å². The second-order valence-corrected chi connectivity index (χ2v) is 8.41. The molecule has 144 valence electrons. The van der Waals surface area contributed by atoms with E-state index in [4.69, 9.17) is 4.98 Å².